The van der Waals surface area contributed by atoms with Gasteiger partial charge in [-0.15, -0.1) is 0 Å². The first-order valence-electron chi connectivity index (χ1n) is 11.1. The lowest BCUT2D eigenvalue weighted by molar-refractivity contribution is -0.121. The van der Waals surface area contributed by atoms with Crippen LogP contribution >= 0.6 is 0 Å². The molecule has 182 valence electrons. The molecule has 0 radical (unpaired) electrons. The minimum atomic E-state index is -0.378. The zero-order chi connectivity index (χ0) is 25.2. The highest BCUT2D eigenvalue weighted by atomic mass is 16.5. The lowest BCUT2D eigenvalue weighted by Crippen LogP contribution is -2.37. The number of carbonyl (C=O) groups excluding carboxylic acids is 3. The van der Waals surface area contributed by atoms with E-state index in [4.69, 9.17) is 4.74 Å². The fourth-order valence-electron chi connectivity index (χ4n) is 3.19. The van der Waals surface area contributed by atoms with Gasteiger partial charge in [0.25, 0.3) is 11.5 Å². The summed E-state index contributed by atoms with van der Waals surface area (Å²) in [6.07, 6.45) is 1.33. The van der Waals surface area contributed by atoms with E-state index >= 15 is 0 Å². The Labute approximate surface area is 202 Å². The molecule has 10 heteroatoms. The highest BCUT2D eigenvalue weighted by molar-refractivity contribution is 5.95. The zero-order valence-electron chi connectivity index (χ0n) is 19.5. The predicted octanol–water partition coefficient (Wildman–Crippen LogP) is 1.81. The molecule has 3 N–H and O–H groups in total. The number of benzene rings is 2. The van der Waals surface area contributed by atoms with Crippen molar-refractivity contribution in [1.29, 1.82) is 0 Å². The topological polar surface area (TPSA) is 131 Å². The molecular formula is C25H27N5O5. The van der Waals surface area contributed by atoms with Crippen molar-refractivity contribution in [3.63, 3.8) is 0 Å². The molecule has 0 saturated heterocycles. The van der Waals surface area contributed by atoms with Gasteiger partial charge in [0.2, 0.25) is 11.8 Å². The maximum Gasteiger partial charge on any atom is 0.254 e. The van der Waals surface area contributed by atoms with E-state index in [1.54, 1.807) is 36.4 Å². The molecule has 1 aromatic heterocycles. The molecule has 10 nitrogen and oxygen atoms in total. The average Bonchev–Trinajstić information content (AvgIpc) is 2.84. The largest absolute Gasteiger partial charge is 0.494 e. The smallest absolute Gasteiger partial charge is 0.254 e. The summed E-state index contributed by atoms with van der Waals surface area (Å²) in [4.78, 5) is 52.1. The summed E-state index contributed by atoms with van der Waals surface area (Å²) in [5.41, 5.74) is 1.94. The Morgan fingerprint density at radius 2 is 1.66 bits per heavy atom. The van der Waals surface area contributed by atoms with Crippen LogP contribution in [0.1, 0.15) is 24.2 Å². The number of carbonyl (C=O) groups is 3. The molecule has 35 heavy (non-hydrogen) atoms. The molecule has 0 fully saturated rings. The summed E-state index contributed by atoms with van der Waals surface area (Å²) in [5.74, 6) is -0.146. The van der Waals surface area contributed by atoms with Gasteiger partial charge in [0, 0.05) is 42.9 Å². The van der Waals surface area contributed by atoms with E-state index in [1.807, 2.05) is 19.1 Å². The SMILES string of the molecule is CCOc1ccc(-c2cc(=O)n(CC(=O)NCCNC(=O)c3ccc(NC(C)=O)cc3)cn2)cc1. The number of amides is 3. The van der Waals surface area contributed by atoms with Gasteiger partial charge in [-0.25, -0.2) is 4.98 Å². The fraction of sp³-hybridized carbons (Fsp3) is 0.240. The van der Waals surface area contributed by atoms with E-state index in [1.165, 1.54) is 23.9 Å². The van der Waals surface area contributed by atoms with Crippen LogP contribution in [0, 0.1) is 0 Å². The molecule has 0 atom stereocenters. The van der Waals surface area contributed by atoms with E-state index in [2.05, 4.69) is 20.9 Å². The Kier molecular flexibility index (Phi) is 8.71. The second-order valence-corrected chi connectivity index (χ2v) is 7.56. The number of hydrogen-bond acceptors (Lipinski definition) is 6. The van der Waals surface area contributed by atoms with Gasteiger partial charge >= 0.3 is 0 Å². The first kappa shape index (κ1) is 25.2. The van der Waals surface area contributed by atoms with Crippen LogP contribution in [0.15, 0.2) is 65.7 Å². The number of rotatable bonds is 10. The van der Waals surface area contributed by atoms with Crippen LogP contribution in [-0.2, 0) is 16.1 Å². The van der Waals surface area contributed by atoms with Crippen molar-refractivity contribution in [2.24, 2.45) is 0 Å². The Bertz CT molecular complexity index is 1240. The summed E-state index contributed by atoms with van der Waals surface area (Å²) in [7, 11) is 0. The van der Waals surface area contributed by atoms with E-state index in [-0.39, 0.29) is 42.9 Å². The molecule has 0 aliphatic carbocycles. The quantitative estimate of drug-likeness (QED) is 0.382. The fourth-order valence-corrected chi connectivity index (χ4v) is 3.19. The van der Waals surface area contributed by atoms with Crippen LogP contribution in [0.5, 0.6) is 5.75 Å². The molecule has 0 aliphatic heterocycles. The number of anilines is 1. The van der Waals surface area contributed by atoms with Gasteiger partial charge in [0.1, 0.15) is 12.3 Å². The normalized spacial score (nSPS) is 10.3. The van der Waals surface area contributed by atoms with Gasteiger partial charge < -0.3 is 20.7 Å². The second-order valence-electron chi connectivity index (χ2n) is 7.56. The van der Waals surface area contributed by atoms with Crippen LogP contribution in [-0.4, -0.2) is 47.0 Å². The van der Waals surface area contributed by atoms with Crippen LogP contribution in [0.3, 0.4) is 0 Å². The molecule has 3 rings (SSSR count). The van der Waals surface area contributed by atoms with E-state index in [0.29, 0.717) is 23.6 Å². The maximum absolute atomic E-state index is 12.4. The first-order chi connectivity index (χ1) is 16.9. The Hall–Kier alpha value is -4.47. The van der Waals surface area contributed by atoms with Crippen molar-refractivity contribution in [3.8, 4) is 17.0 Å². The summed E-state index contributed by atoms with van der Waals surface area (Å²) in [6, 6.07) is 15.1. The minimum absolute atomic E-state index is 0.187. The van der Waals surface area contributed by atoms with Crippen molar-refractivity contribution in [2.45, 2.75) is 20.4 Å². The first-order valence-corrected chi connectivity index (χ1v) is 11.1. The van der Waals surface area contributed by atoms with Gasteiger partial charge in [-0.3, -0.25) is 23.7 Å². The zero-order valence-corrected chi connectivity index (χ0v) is 19.5. The Morgan fingerprint density at radius 1 is 0.971 bits per heavy atom. The number of ether oxygens (including phenoxy) is 1. The van der Waals surface area contributed by atoms with E-state index in [0.717, 1.165) is 11.3 Å². The summed E-state index contributed by atoms with van der Waals surface area (Å²) >= 11 is 0. The van der Waals surface area contributed by atoms with Crippen molar-refractivity contribution < 1.29 is 19.1 Å². The molecule has 3 aromatic rings. The molecule has 0 bridgehead atoms. The second kappa shape index (κ2) is 12.1. The van der Waals surface area contributed by atoms with Gasteiger partial charge in [-0.05, 0) is 55.5 Å². The van der Waals surface area contributed by atoms with E-state index in [9.17, 15) is 19.2 Å². The van der Waals surface area contributed by atoms with Crippen molar-refractivity contribution in [3.05, 3.63) is 76.8 Å². The Morgan fingerprint density at radius 3 is 2.29 bits per heavy atom. The van der Waals surface area contributed by atoms with Crippen molar-refractivity contribution >= 4 is 23.4 Å². The molecule has 2 aromatic carbocycles. The lowest BCUT2D eigenvalue weighted by atomic mass is 10.1. The monoisotopic (exact) mass is 477 g/mol. The minimum Gasteiger partial charge on any atom is -0.494 e. The molecule has 0 spiro atoms. The summed E-state index contributed by atoms with van der Waals surface area (Å²) < 4.78 is 6.62. The van der Waals surface area contributed by atoms with Crippen LogP contribution in [0.4, 0.5) is 5.69 Å². The Balaban J connectivity index is 1.45. The summed E-state index contributed by atoms with van der Waals surface area (Å²) in [6.45, 7) is 4.09. The molecule has 0 aliphatic rings. The van der Waals surface area contributed by atoms with Crippen LogP contribution < -0.4 is 26.2 Å². The number of nitrogens with zero attached hydrogens (tertiary/aromatic N) is 2. The van der Waals surface area contributed by atoms with Gasteiger partial charge in [0.05, 0.1) is 18.6 Å². The molecule has 0 unspecified atom stereocenters. The standard InChI is InChI=1S/C25H27N5O5/c1-3-35-21-10-6-18(7-11-21)22-14-24(33)30(16-28-22)15-23(32)26-12-13-27-25(34)19-4-8-20(9-5-19)29-17(2)31/h4-11,14,16H,3,12-13,15H2,1-2H3,(H,26,32)(H,27,34)(H,29,31). The number of nitrogens with one attached hydrogen (secondary N) is 3. The highest BCUT2D eigenvalue weighted by Crippen LogP contribution is 2.19. The molecule has 3 amide bonds. The lowest BCUT2D eigenvalue weighted by Gasteiger charge is -2.09. The maximum atomic E-state index is 12.4. The third-order valence-electron chi connectivity index (χ3n) is 4.85. The molecule has 1 heterocycles. The highest BCUT2D eigenvalue weighted by Gasteiger charge is 2.09. The van der Waals surface area contributed by atoms with Gasteiger partial charge in [0.15, 0.2) is 0 Å². The van der Waals surface area contributed by atoms with Gasteiger partial charge in [-0.2, -0.15) is 0 Å². The molecular weight excluding hydrogens is 450 g/mol. The molecule has 0 saturated carbocycles. The van der Waals surface area contributed by atoms with Crippen molar-refractivity contribution in [2.75, 3.05) is 25.0 Å². The third-order valence-corrected chi connectivity index (χ3v) is 4.85. The van der Waals surface area contributed by atoms with Crippen LogP contribution in [0.25, 0.3) is 11.3 Å². The number of aromatic nitrogens is 2. The predicted molar refractivity (Wildman–Crippen MR) is 131 cm³/mol. The number of hydrogen-bond donors (Lipinski definition) is 3. The third kappa shape index (κ3) is 7.53. The van der Waals surface area contributed by atoms with Crippen LogP contribution in [0.2, 0.25) is 0 Å². The van der Waals surface area contributed by atoms with Gasteiger partial charge in [-0.1, -0.05) is 0 Å². The van der Waals surface area contributed by atoms with Crippen molar-refractivity contribution in [1.82, 2.24) is 20.2 Å². The summed E-state index contributed by atoms with van der Waals surface area (Å²) in [5, 5.41) is 7.98. The average molecular weight is 478 g/mol. The van der Waals surface area contributed by atoms with E-state index < -0.39 is 0 Å².